The van der Waals surface area contributed by atoms with Crippen LogP contribution in [-0.2, 0) is 0 Å². The van der Waals surface area contributed by atoms with Crippen molar-refractivity contribution in [3.8, 4) is 0 Å². The summed E-state index contributed by atoms with van der Waals surface area (Å²) in [6, 6.07) is 2.95. The molecular weight excluding hydrogens is 226 g/mol. The van der Waals surface area contributed by atoms with Gasteiger partial charge in [-0.3, -0.25) is 0 Å². The molecule has 4 atom stereocenters. The summed E-state index contributed by atoms with van der Waals surface area (Å²) in [7, 11) is 2.12. The zero-order chi connectivity index (χ0) is 11.8. The van der Waals surface area contributed by atoms with Gasteiger partial charge in [0.05, 0.1) is 0 Å². The Bertz CT molecular complexity index is 384. The van der Waals surface area contributed by atoms with E-state index in [9.17, 15) is 0 Å². The van der Waals surface area contributed by atoms with E-state index in [1.54, 1.807) is 0 Å². The van der Waals surface area contributed by atoms with Crippen molar-refractivity contribution in [2.24, 2.45) is 17.8 Å². The minimum Gasteiger partial charge on any atom is -0.313 e. The molecule has 17 heavy (non-hydrogen) atoms. The maximum absolute atomic E-state index is 3.52. The average molecular weight is 249 g/mol. The first kappa shape index (κ1) is 11.7. The maximum Gasteiger partial charge on any atom is 0.0328 e. The summed E-state index contributed by atoms with van der Waals surface area (Å²) < 4.78 is 0. The van der Waals surface area contributed by atoms with E-state index in [-0.39, 0.29) is 0 Å². The summed E-state index contributed by atoms with van der Waals surface area (Å²) in [4.78, 5) is 1.44. The van der Waals surface area contributed by atoms with Crippen molar-refractivity contribution in [3.63, 3.8) is 0 Å². The van der Waals surface area contributed by atoms with Crippen LogP contribution < -0.4 is 5.32 Å². The molecule has 2 saturated carbocycles. The van der Waals surface area contributed by atoms with Gasteiger partial charge in [-0.05, 0) is 74.4 Å². The molecule has 1 aromatic rings. The Balaban J connectivity index is 1.66. The molecule has 1 nitrogen and oxygen atoms in total. The van der Waals surface area contributed by atoms with Gasteiger partial charge in [-0.25, -0.2) is 0 Å². The number of hydrogen-bond acceptors (Lipinski definition) is 2. The zero-order valence-electron chi connectivity index (χ0n) is 10.9. The van der Waals surface area contributed by atoms with E-state index in [4.69, 9.17) is 0 Å². The first-order valence-electron chi connectivity index (χ1n) is 6.98. The lowest BCUT2D eigenvalue weighted by Gasteiger charge is -2.26. The van der Waals surface area contributed by atoms with Gasteiger partial charge in [-0.15, -0.1) is 11.3 Å². The molecule has 2 bridgehead atoms. The van der Waals surface area contributed by atoms with Crippen LogP contribution in [-0.4, -0.2) is 7.05 Å². The Labute approximate surface area is 109 Å². The molecule has 2 fully saturated rings. The molecule has 0 saturated heterocycles. The summed E-state index contributed by atoms with van der Waals surface area (Å²) in [5, 5.41) is 5.86. The molecule has 1 heterocycles. The molecule has 3 rings (SSSR count). The lowest BCUT2D eigenvalue weighted by Crippen LogP contribution is -2.22. The zero-order valence-corrected chi connectivity index (χ0v) is 11.7. The largest absolute Gasteiger partial charge is 0.313 e. The van der Waals surface area contributed by atoms with Crippen molar-refractivity contribution in [2.45, 2.75) is 45.1 Å². The third-order valence-electron chi connectivity index (χ3n) is 4.92. The Kier molecular flexibility index (Phi) is 3.27. The lowest BCUT2D eigenvalue weighted by atomic mass is 9.83. The topological polar surface area (TPSA) is 12.0 Å². The van der Waals surface area contributed by atoms with Crippen LogP contribution in [0.5, 0.6) is 0 Å². The SMILES string of the molecule is CNC(CC1CC2CCC1C2)c1csc(C)c1. The third-order valence-corrected chi connectivity index (χ3v) is 5.80. The third kappa shape index (κ3) is 2.30. The predicted octanol–water partition coefficient (Wildman–Crippen LogP) is 4.14. The normalized spacial score (nSPS) is 33.2. The van der Waals surface area contributed by atoms with Crippen molar-refractivity contribution in [2.75, 3.05) is 7.05 Å². The Hall–Kier alpha value is -0.340. The van der Waals surface area contributed by atoms with Gasteiger partial charge in [-0.2, -0.15) is 0 Å². The van der Waals surface area contributed by atoms with E-state index in [1.807, 2.05) is 11.3 Å². The highest BCUT2D eigenvalue weighted by Crippen LogP contribution is 2.51. The van der Waals surface area contributed by atoms with Crippen molar-refractivity contribution in [1.29, 1.82) is 0 Å². The van der Waals surface area contributed by atoms with Gasteiger partial charge < -0.3 is 5.32 Å². The van der Waals surface area contributed by atoms with E-state index in [1.165, 1.54) is 42.5 Å². The fraction of sp³-hybridized carbons (Fsp3) is 0.733. The van der Waals surface area contributed by atoms with Crippen molar-refractivity contribution >= 4 is 11.3 Å². The van der Waals surface area contributed by atoms with Gasteiger partial charge in [0.1, 0.15) is 0 Å². The molecule has 0 spiro atoms. The van der Waals surface area contributed by atoms with Gasteiger partial charge in [0.25, 0.3) is 0 Å². The minimum absolute atomic E-state index is 0.587. The molecule has 1 aromatic heterocycles. The van der Waals surface area contributed by atoms with Crippen LogP contribution in [0.2, 0.25) is 0 Å². The molecule has 94 valence electrons. The maximum atomic E-state index is 3.52. The molecule has 0 radical (unpaired) electrons. The Morgan fingerprint density at radius 3 is 2.82 bits per heavy atom. The van der Waals surface area contributed by atoms with Crippen molar-refractivity contribution in [1.82, 2.24) is 5.32 Å². The summed E-state index contributed by atoms with van der Waals surface area (Å²) in [5.41, 5.74) is 1.51. The smallest absolute Gasteiger partial charge is 0.0328 e. The van der Waals surface area contributed by atoms with Crippen LogP contribution >= 0.6 is 11.3 Å². The van der Waals surface area contributed by atoms with Crippen LogP contribution in [0.1, 0.15) is 48.6 Å². The van der Waals surface area contributed by atoms with Crippen LogP contribution in [0.3, 0.4) is 0 Å². The Morgan fingerprint density at radius 2 is 2.29 bits per heavy atom. The van der Waals surface area contributed by atoms with Crippen molar-refractivity contribution in [3.05, 3.63) is 21.9 Å². The molecule has 4 unspecified atom stereocenters. The van der Waals surface area contributed by atoms with Crippen LogP contribution in [0, 0.1) is 24.7 Å². The lowest BCUT2D eigenvalue weighted by molar-refractivity contribution is 0.284. The number of fused-ring (bicyclic) bond motifs is 2. The average Bonchev–Trinajstić information content (AvgIpc) is 3.01. The van der Waals surface area contributed by atoms with E-state index >= 15 is 0 Å². The van der Waals surface area contributed by atoms with Gasteiger partial charge in [0.15, 0.2) is 0 Å². The van der Waals surface area contributed by atoms with Crippen LogP contribution in [0.15, 0.2) is 11.4 Å². The highest BCUT2D eigenvalue weighted by Gasteiger charge is 2.40. The van der Waals surface area contributed by atoms with Crippen LogP contribution in [0.25, 0.3) is 0 Å². The first-order valence-corrected chi connectivity index (χ1v) is 7.86. The fourth-order valence-corrected chi connectivity index (χ4v) is 4.79. The van der Waals surface area contributed by atoms with Gasteiger partial charge >= 0.3 is 0 Å². The Morgan fingerprint density at radius 1 is 1.41 bits per heavy atom. The summed E-state index contributed by atoms with van der Waals surface area (Å²) >= 11 is 1.88. The number of hydrogen-bond donors (Lipinski definition) is 1. The number of rotatable bonds is 4. The second kappa shape index (κ2) is 4.74. The van der Waals surface area contributed by atoms with Gasteiger partial charge in [0, 0.05) is 10.9 Å². The molecule has 0 amide bonds. The number of thiophene rings is 1. The molecule has 0 aliphatic heterocycles. The van der Waals surface area contributed by atoms with Gasteiger partial charge in [-0.1, -0.05) is 6.42 Å². The molecule has 2 heteroatoms. The molecule has 2 aliphatic carbocycles. The van der Waals surface area contributed by atoms with Gasteiger partial charge in [0.2, 0.25) is 0 Å². The second-order valence-electron chi connectivity index (χ2n) is 6.00. The van der Waals surface area contributed by atoms with E-state index in [0.717, 1.165) is 17.8 Å². The number of aryl methyl sites for hydroxylation is 1. The summed E-state index contributed by atoms with van der Waals surface area (Å²) in [5.74, 6) is 3.12. The monoisotopic (exact) mass is 249 g/mol. The molecule has 2 aliphatic rings. The van der Waals surface area contributed by atoms with Crippen molar-refractivity contribution < 1.29 is 0 Å². The summed E-state index contributed by atoms with van der Waals surface area (Å²) in [6.45, 7) is 2.21. The second-order valence-corrected chi connectivity index (χ2v) is 7.12. The fourth-order valence-electron chi connectivity index (χ4n) is 4.03. The van der Waals surface area contributed by atoms with E-state index in [0.29, 0.717) is 6.04 Å². The highest BCUT2D eigenvalue weighted by molar-refractivity contribution is 7.10. The van der Waals surface area contributed by atoms with E-state index < -0.39 is 0 Å². The molecular formula is C15H23NS. The van der Waals surface area contributed by atoms with E-state index in [2.05, 4.69) is 30.7 Å². The standard InChI is InChI=1S/C15H23NS/c1-10-5-14(9-17-10)15(16-2)8-13-7-11-3-4-12(13)6-11/h5,9,11-13,15-16H,3-4,6-8H2,1-2H3. The highest BCUT2D eigenvalue weighted by atomic mass is 32.1. The quantitative estimate of drug-likeness (QED) is 0.845. The predicted molar refractivity (Wildman–Crippen MR) is 74.4 cm³/mol. The summed E-state index contributed by atoms with van der Waals surface area (Å²) in [6.07, 6.45) is 7.42. The molecule has 0 aromatic carbocycles. The number of nitrogens with one attached hydrogen (secondary N) is 1. The molecule has 1 N–H and O–H groups in total. The first-order chi connectivity index (χ1) is 8.26. The minimum atomic E-state index is 0.587. The van der Waals surface area contributed by atoms with Crippen LogP contribution in [0.4, 0.5) is 0 Å².